The van der Waals surface area contributed by atoms with Crippen molar-refractivity contribution >= 4 is 14.2 Å². The van der Waals surface area contributed by atoms with E-state index in [1.165, 1.54) is 4.90 Å². The van der Waals surface area contributed by atoms with Gasteiger partial charge in [0.1, 0.15) is 5.69 Å². The largest absolute Gasteiger partial charge is 0.465 e. The lowest BCUT2D eigenvalue weighted by atomic mass is 10.1. The first-order valence-electron chi connectivity index (χ1n) is 6.38. The van der Waals surface area contributed by atoms with E-state index < -0.39 is 19.7 Å². The maximum atomic E-state index is 11.3. The smallest absolute Gasteiger partial charge is 0.408 e. The average Bonchev–Trinajstić information content (AvgIpc) is 2.56. The number of rotatable bonds is 4. The number of amides is 1. The van der Waals surface area contributed by atoms with Crippen LogP contribution >= 0.6 is 0 Å². The maximum absolute atomic E-state index is 11.3. The third-order valence-electron chi connectivity index (χ3n) is 2.58. The number of hydrogen-bond donors (Lipinski definition) is 1. The van der Waals surface area contributed by atoms with E-state index in [9.17, 15) is 9.90 Å². The summed E-state index contributed by atoms with van der Waals surface area (Å²) in [7, 11) is -1.25. The van der Waals surface area contributed by atoms with Crippen molar-refractivity contribution < 1.29 is 9.90 Å². The Hall–Kier alpha value is -1.37. The van der Waals surface area contributed by atoms with Gasteiger partial charge in [-0.05, 0) is 20.8 Å². The van der Waals surface area contributed by atoms with E-state index in [2.05, 4.69) is 30.0 Å². The van der Waals surface area contributed by atoms with Crippen LogP contribution in [0.5, 0.6) is 0 Å². The highest BCUT2D eigenvalue weighted by molar-refractivity contribution is 6.74. The normalized spacial score (nSPS) is 12.5. The maximum Gasteiger partial charge on any atom is 0.408 e. The topological polar surface area (TPSA) is 71.2 Å². The molecule has 0 aromatic carbocycles. The average molecular weight is 284 g/mol. The lowest BCUT2D eigenvalue weighted by Gasteiger charge is -2.32. The zero-order valence-electron chi connectivity index (χ0n) is 12.6. The van der Waals surface area contributed by atoms with Gasteiger partial charge in [-0.2, -0.15) is 0 Å². The van der Waals surface area contributed by atoms with E-state index in [0.29, 0.717) is 5.69 Å². The molecule has 0 saturated carbocycles. The molecule has 7 heteroatoms. The molecule has 1 aromatic rings. The molecular weight excluding hydrogens is 260 g/mol. The van der Waals surface area contributed by atoms with Crippen molar-refractivity contribution in [3.8, 4) is 0 Å². The molecular formula is C12H24N4O2Si. The third-order valence-corrected chi connectivity index (χ3v) is 3.86. The fourth-order valence-electron chi connectivity index (χ4n) is 1.73. The predicted molar refractivity (Wildman–Crippen MR) is 76.7 cm³/mol. The van der Waals surface area contributed by atoms with Gasteiger partial charge in [-0.25, -0.2) is 4.79 Å². The van der Waals surface area contributed by atoms with Crippen molar-refractivity contribution in [1.82, 2.24) is 19.9 Å². The van der Waals surface area contributed by atoms with Crippen molar-refractivity contribution in [2.24, 2.45) is 0 Å². The van der Waals surface area contributed by atoms with Crippen molar-refractivity contribution in [1.29, 1.82) is 0 Å². The van der Waals surface area contributed by atoms with Gasteiger partial charge >= 0.3 is 6.09 Å². The molecule has 0 unspecified atom stereocenters. The fourth-order valence-corrected chi connectivity index (χ4v) is 2.85. The predicted octanol–water partition coefficient (Wildman–Crippen LogP) is 2.43. The summed E-state index contributed by atoms with van der Waals surface area (Å²) in [5.74, 6) is 0. The zero-order valence-corrected chi connectivity index (χ0v) is 13.6. The van der Waals surface area contributed by atoms with Gasteiger partial charge in [-0.1, -0.05) is 24.9 Å². The Morgan fingerprint density at radius 3 is 2.42 bits per heavy atom. The van der Waals surface area contributed by atoms with Crippen LogP contribution in [0.2, 0.25) is 19.6 Å². The van der Waals surface area contributed by atoms with Crippen molar-refractivity contribution in [3.63, 3.8) is 0 Å². The molecule has 0 aliphatic carbocycles. The molecule has 0 aliphatic heterocycles. The molecule has 19 heavy (non-hydrogen) atoms. The van der Waals surface area contributed by atoms with E-state index >= 15 is 0 Å². The van der Waals surface area contributed by atoms with Crippen LogP contribution in [-0.2, 0) is 12.7 Å². The van der Waals surface area contributed by atoms with E-state index in [1.54, 1.807) is 0 Å². The lowest BCUT2D eigenvalue weighted by Crippen LogP contribution is -2.44. The zero-order chi connectivity index (χ0) is 14.8. The number of hydrogen-bond acceptors (Lipinski definition) is 3. The molecule has 0 atom stereocenters. The Morgan fingerprint density at radius 1 is 1.42 bits per heavy atom. The molecule has 6 nitrogen and oxygen atoms in total. The Morgan fingerprint density at radius 2 is 2.00 bits per heavy atom. The molecule has 0 radical (unpaired) electrons. The monoisotopic (exact) mass is 284 g/mol. The minimum atomic E-state index is -1.25. The third kappa shape index (κ3) is 5.02. The first-order chi connectivity index (χ1) is 8.49. The van der Waals surface area contributed by atoms with Crippen LogP contribution < -0.4 is 0 Å². The summed E-state index contributed by atoms with van der Waals surface area (Å²) in [5.41, 5.74) is 0.240. The minimum Gasteiger partial charge on any atom is -0.465 e. The molecule has 1 N–H and O–H groups in total. The second kappa shape index (κ2) is 5.32. The van der Waals surface area contributed by atoms with E-state index in [4.69, 9.17) is 0 Å². The standard InChI is InChI=1S/C12H24N4O2Si/c1-12(2,3)16(11(17)18)8-10-7-15(14-13-10)9-19(4,5)6/h7H,8-9H2,1-6H3,(H,17,18). The highest BCUT2D eigenvalue weighted by Gasteiger charge is 2.27. The van der Waals surface area contributed by atoms with Crippen LogP contribution in [0.25, 0.3) is 0 Å². The first kappa shape index (κ1) is 15.7. The van der Waals surface area contributed by atoms with E-state index in [-0.39, 0.29) is 6.54 Å². The molecule has 0 fully saturated rings. The summed E-state index contributed by atoms with van der Waals surface area (Å²) >= 11 is 0. The Balaban J connectivity index is 2.80. The molecule has 1 aromatic heterocycles. The number of aromatic nitrogens is 3. The Kier molecular flexibility index (Phi) is 4.39. The summed E-state index contributed by atoms with van der Waals surface area (Å²) in [5, 5.41) is 17.4. The van der Waals surface area contributed by atoms with Gasteiger partial charge in [-0.15, -0.1) is 5.10 Å². The Labute approximate surface area is 115 Å². The lowest BCUT2D eigenvalue weighted by molar-refractivity contribution is 0.0947. The van der Waals surface area contributed by atoms with Crippen LogP contribution in [0.1, 0.15) is 26.5 Å². The van der Waals surface area contributed by atoms with Crippen LogP contribution in [0.15, 0.2) is 6.20 Å². The second-order valence-electron chi connectivity index (χ2n) is 7.01. The SMILES string of the molecule is CC(C)(C)N(Cc1cn(C[Si](C)(C)C)nn1)C(=O)O. The molecule has 0 spiro atoms. The van der Waals surface area contributed by atoms with Gasteiger partial charge in [0, 0.05) is 17.9 Å². The van der Waals surface area contributed by atoms with E-state index in [0.717, 1.165) is 6.17 Å². The van der Waals surface area contributed by atoms with Gasteiger partial charge in [0.2, 0.25) is 0 Å². The van der Waals surface area contributed by atoms with Gasteiger partial charge < -0.3 is 5.11 Å². The molecule has 0 aliphatic rings. The van der Waals surface area contributed by atoms with E-state index in [1.807, 2.05) is 31.6 Å². The first-order valence-corrected chi connectivity index (χ1v) is 10.1. The molecule has 1 heterocycles. The van der Waals surface area contributed by atoms with Crippen LogP contribution in [0, 0.1) is 0 Å². The fraction of sp³-hybridized carbons (Fsp3) is 0.750. The number of carboxylic acid groups (broad SMARTS) is 1. The summed E-state index contributed by atoms with van der Waals surface area (Å²) < 4.78 is 1.82. The van der Waals surface area contributed by atoms with Crippen molar-refractivity contribution in [2.75, 3.05) is 0 Å². The van der Waals surface area contributed by atoms with Crippen LogP contribution in [-0.4, -0.2) is 44.7 Å². The van der Waals surface area contributed by atoms with Gasteiger partial charge in [0.15, 0.2) is 0 Å². The van der Waals surface area contributed by atoms with Crippen molar-refractivity contribution in [3.05, 3.63) is 11.9 Å². The number of carbonyl (C=O) groups is 1. The highest BCUT2D eigenvalue weighted by atomic mass is 28.3. The summed E-state index contributed by atoms with van der Waals surface area (Å²) in [6.45, 7) is 12.6. The summed E-state index contributed by atoms with van der Waals surface area (Å²) in [4.78, 5) is 12.6. The molecule has 1 rings (SSSR count). The molecule has 0 saturated heterocycles. The highest BCUT2D eigenvalue weighted by Crippen LogP contribution is 2.16. The quantitative estimate of drug-likeness (QED) is 0.862. The minimum absolute atomic E-state index is 0.268. The summed E-state index contributed by atoms with van der Waals surface area (Å²) in [6, 6.07) is 0. The van der Waals surface area contributed by atoms with Crippen LogP contribution in [0.4, 0.5) is 4.79 Å². The van der Waals surface area contributed by atoms with Crippen LogP contribution in [0.3, 0.4) is 0 Å². The Bertz CT molecular complexity index is 445. The summed E-state index contributed by atoms with van der Waals surface area (Å²) in [6.07, 6.45) is 1.80. The molecule has 1 amide bonds. The molecule has 0 bridgehead atoms. The van der Waals surface area contributed by atoms with Gasteiger partial charge in [-0.3, -0.25) is 9.58 Å². The second-order valence-corrected chi connectivity index (χ2v) is 12.4. The van der Waals surface area contributed by atoms with Gasteiger partial charge in [0.05, 0.1) is 14.6 Å². The van der Waals surface area contributed by atoms with Gasteiger partial charge in [0.25, 0.3) is 0 Å². The molecule has 108 valence electrons. The number of nitrogens with zero attached hydrogens (tertiary/aromatic N) is 4. The van der Waals surface area contributed by atoms with Crippen molar-refractivity contribution in [2.45, 2.75) is 58.7 Å².